The van der Waals surface area contributed by atoms with Crippen molar-refractivity contribution < 1.29 is 4.42 Å². The second kappa shape index (κ2) is 18.8. The van der Waals surface area contributed by atoms with Gasteiger partial charge in [-0.3, -0.25) is 0 Å². The Hall–Kier alpha value is -10.5. The average molecular weight is 1080 g/mol. The van der Waals surface area contributed by atoms with Gasteiger partial charge >= 0.3 is 0 Å². The number of hydrogen-bond acceptors (Lipinski definition) is 3. The third-order valence-corrected chi connectivity index (χ3v) is 18.7. The molecule has 1 aliphatic rings. The van der Waals surface area contributed by atoms with E-state index >= 15 is 0 Å². The lowest BCUT2D eigenvalue weighted by molar-refractivity contribution is 0.669. The van der Waals surface area contributed by atoms with Crippen LogP contribution in [0.25, 0.3) is 114 Å². The molecule has 83 heavy (non-hydrogen) atoms. The molecule has 0 atom stereocenters. The van der Waals surface area contributed by atoms with Crippen LogP contribution in [0.4, 0.5) is 17.1 Å². The summed E-state index contributed by atoms with van der Waals surface area (Å²) in [6.45, 7) is 0. The number of aromatic nitrogens is 1. The van der Waals surface area contributed by atoms with Gasteiger partial charge in [0.1, 0.15) is 11.2 Å². The molecular formula is C79H50N2OS. The number of thiophene rings is 1. The Morgan fingerprint density at radius 2 is 0.904 bits per heavy atom. The number of para-hydroxylation sites is 4. The first-order chi connectivity index (χ1) is 41.2. The van der Waals surface area contributed by atoms with E-state index in [0.29, 0.717) is 0 Å². The normalized spacial score (nSPS) is 12.7. The van der Waals surface area contributed by atoms with Gasteiger partial charge in [0, 0.05) is 70.0 Å². The van der Waals surface area contributed by atoms with Gasteiger partial charge in [0.05, 0.1) is 16.4 Å². The second-order valence-electron chi connectivity index (χ2n) is 21.9. The van der Waals surface area contributed by atoms with Crippen molar-refractivity contribution in [3.63, 3.8) is 0 Å². The highest BCUT2D eigenvalue weighted by atomic mass is 32.1. The second-order valence-corrected chi connectivity index (χ2v) is 22.9. The Morgan fingerprint density at radius 1 is 0.325 bits per heavy atom. The van der Waals surface area contributed by atoms with Gasteiger partial charge in [0.15, 0.2) is 0 Å². The lowest BCUT2D eigenvalue weighted by Crippen LogP contribution is -2.28. The predicted molar refractivity (Wildman–Crippen MR) is 349 cm³/mol. The molecule has 0 radical (unpaired) electrons. The molecule has 3 nitrogen and oxygen atoms in total. The fourth-order valence-corrected chi connectivity index (χ4v) is 15.1. The SMILES string of the molecule is c1ccc(-n2c3ccccc3c3cccc(-c4cc(-c5cccc6c5sc5ccccc56)cc(N(c5ccc(-c6ccc7c(c6)oc6ccccc67)cc5)c5ccc6c(c5)C(c5ccccc5)(c5ccccc5)c5ccccc5-6)c4)c32)cc1. The minimum Gasteiger partial charge on any atom is -0.456 e. The van der Waals surface area contributed by atoms with Crippen LogP contribution >= 0.6 is 11.3 Å². The molecule has 0 bridgehead atoms. The first kappa shape index (κ1) is 47.3. The molecule has 17 rings (SSSR count). The van der Waals surface area contributed by atoms with Gasteiger partial charge in [0.25, 0.3) is 0 Å². The molecule has 3 heterocycles. The lowest BCUT2D eigenvalue weighted by atomic mass is 9.67. The summed E-state index contributed by atoms with van der Waals surface area (Å²) in [5, 5.41) is 7.23. The van der Waals surface area contributed by atoms with Gasteiger partial charge in [0.2, 0.25) is 0 Å². The number of rotatable bonds is 9. The summed E-state index contributed by atoms with van der Waals surface area (Å²) in [6, 6.07) is 112. The standard InChI is InChI=1S/C79H50N2OS/c1-4-20-55(21-5-1)79(56-22-6-2-7-23-56)71-34-14-10-26-63(71)64-45-43-59(50-72(64)79)80(58-41-38-51(39-42-58)52-40-44-67-66-28-12-16-36-74(66)82-75(67)49-52)60-47-53(46-54(48-60)62-31-19-33-70-68-29-13-17-37-76(68)83-78(62)70)61-30-18-32-69-65-27-11-15-35-73(65)81(77(61)69)57-24-8-3-9-25-57/h1-50H. The van der Waals surface area contributed by atoms with Crippen molar-refractivity contribution in [2.24, 2.45) is 0 Å². The van der Waals surface area contributed by atoms with E-state index in [0.717, 1.165) is 72.5 Å². The quantitative estimate of drug-likeness (QED) is 0.144. The molecule has 0 spiro atoms. The van der Waals surface area contributed by atoms with Crippen molar-refractivity contribution in [2.45, 2.75) is 5.41 Å². The molecule has 4 heteroatoms. The summed E-state index contributed by atoms with van der Waals surface area (Å²) in [5.41, 5.74) is 22.1. The molecule has 0 unspecified atom stereocenters. The van der Waals surface area contributed by atoms with Crippen LogP contribution in [-0.2, 0) is 5.41 Å². The Morgan fingerprint density at radius 3 is 1.70 bits per heavy atom. The van der Waals surface area contributed by atoms with Gasteiger partial charge in [-0.2, -0.15) is 0 Å². The van der Waals surface area contributed by atoms with Crippen LogP contribution in [0.5, 0.6) is 0 Å². The molecular weight excluding hydrogens is 1020 g/mol. The van der Waals surface area contributed by atoms with Crippen LogP contribution in [0.15, 0.2) is 308 Å². The third kappa shape index (κ3) is 7.30. The molecule has 0 aliphatic heterocycles. The van der Waals surface area contributed by atoms with Gasteiger partial charge < -0.3 is 13.9 Å². The van der Waals surface area contributed by atoms with Crippen molar-refractivity contribution in [3.8, 4) is 50.2 Å². The number of benzene rings is 13. The fraction of sp³-hybridized carbons (Fsp3) is 0.0127. The fourth-order valence-electron chi connectivity index (χ4n) is 13.8. The van der Waals surface area contributed by atoms with Crippen molar-refractivity contribution in [1.82, 2.24) is 4.57 Å². The van der Waals surface area contributed by atoms with E-state index in [1.165, 1.54) is 80.9 Å². The average Bonchev–Trinajstić information content (AvgIpc) is 2.37. The first-order valence-corrected chi connectivity index (χ1v) is 29.3. The van der Waals surface area contributed by atoms with Gasteiger partial charge in [-0.1, -0.05) is 218 Å². The Balaban J connectivity index is 0.945. The Bertz CT molecular complexity index is 5170. The van der Waals surface area contributed by atoms with Crippen molar-refractivity contribution in [3.05, 3.63) is 326 Å². The molecule has 0 saturated heterocycles. The van der Waals surface area contributed by atoms with Crippen molar-refractivity contribution in [1.29, 1.82) is 0 Å². The molecule has 3 aromatic heterocycles. The van der Waals surface area contributed by atoms with Crippen LogP contribution in [0.1, 0.15) is 22.3 Å². The minimum absolute atomic E-state index is 0.598. The molecule has 0 saturated carbocycles. The van der Waals surface area contributed by atoms with E-state index in [9.17, 15) is 0 Å². The number of hydrogen-bond donors (Lipinski definition) is 0. The molecule has 1 aliphatic carbocycles. The first-order valence-electron chi connectivity index (χ1n) is 28.5. The molecule has 0 amide bonds. The Labute approximate surface area is 484 Å². The maximum atomic E-state index is 6.44. The van der Waals surface area contributed by atoms with Gasteiger partial charge in [-0.25, -0.2) is 0 Å². The zero-order valence-electron chi connectivity index (χ0n) is 45.1. The van der Waals surface area contributed by atoms with Crippen LogP contribution < -0.4 is 4.90 Å². The number of anilines is 3. The number of furan rings is 1. The number of nitrogens with zero attached hydrogens (tertiary/aromatic N) is 2. The van der Waals surface area contributed by atoms with Crippen molar-refractivity contribution in [2.75, 3.05) is 4.90 Å². The van der Waals surface area contributed by atoms with E-state index in [1.807, 2.05) is 23.5 Å². The molecule has 0 N–H and O–H groups in total. The van der Waals surface area contributed by atoms with Crippen LogP contribution in [0, 0.1) is 0 Å². The molecule has 16 aromatic rings. The van der Waals surface area contributed by atoms with E-state index in [1.54, 1.807) is 0 Å². The molecule has 13 aromatic carbocycles. The summed E-state index contributed by atoms with van der Waals surface area (Å²) in [5.74, 6) is 0. The summed E-state index contributed by atoms with van der Waals surface area (Å²) >= 11 is 1.88. The van der Waals surface area contributed by atoms with E-state index in [-0.39, 0.29) is 0 Å². The highest BCUT2D eigenvalue weighted by Crippen LogP contribution is 2.58. The topological polar surface area (TPSA) is 21.3 Å². The number of fused-ring (bicyclic) bond motifs is 12. The third-order valence-electron chi connectivity index (χ3n) is 17.4. The van der Waals surface area contributed by atoms with E-state index in [2.05, 4.69) is 301 Å². The summed E-state index contributed by atoms with van der Waals surface area (Å²) in [6.07, 6.45) is 0. The molecule has 0 fully saturated rings. The predicted octanol–water partition coefficient (Wildman–Crippen LogP) is 21.9. The van der Waals surface area contributed by atoms with Crippen LogP contribution in [-0.4, -0.2) is 4.57 Å². The zero-order valence-corrected chi connectivity index (χ0v) is 45.9. The summed E-state index contributed by atoms with van der Waals surface area (Å²) < 4.78 is 11.5. The lowest BCUT2D eigenvalue weighted by Gasteiger charge is -2.35. The van der Waals surface area contributed by atoms with Crippen LogP contribution in [0.3, 0.4) is 0 Å². The molecule has 388 valence electrons. The maximum absolute atomic E-state index is 6.44. The van der Waals surface area contributed by atoms with E-state index < -0.39 is 5.41 Å². The smallest absolute Gasteiger partial charge is 0.136 e. The largest absolute Gasteiger partial charge is 0.456 e. The van der Waals surface area contributed by atoms with Crippen molar-refractivity contribution >= 4 is 92.3 Å². The van der Waals surface area contributed by atoms with E-state index in [4.69, 9.17) is 4.42 Å². The van der Waals surface area contributed by atoms with Gasteiger partial charge in [-0.15, -0.1) is 11.3 Å². The van der Waals surface area contributed by atoms with Gasteiger partial charge in [-0.05, 0) is 146 Å². The summed E-state index contributed by atoms with van der Waals surface area (Å²) in [4.78, 5) is 2.50. The minimum atomic E-state index is -0.598. The zero-order chi connectivity index (χ0) is 54.6. The highest BCUT2D eigenvalue weighted by Gasteiger charge is 2.46. The highest BCUT2D eigenvalue weighted by molar-refractivity contribution is 7.26. The Kier molecular flexibility index (Phi) is 10.7. The summed E-state index contributed by atoms with van der Waals surface area (Å²) in [7, 11) is 0. The van der Waals surface area contributed by atoms with Crippen LogP contribution in [0.2, 0.25) is 0 Å². The monoisotopic (exact) mass is 1070 g/mol. The maximum Gasteiger partial charge on any atom is 0.136 e.